The van der Waals surface area contributed by atoms with Crippen LogP contribution in [-0.4, -0.2) is 50.3 Å². The van der Waals surface area contributed by atoms with E-state index in [9.17, 15) is 9.59 Å². The van der Waals surface area contributed by atoms with Crippen molar-refractivity contribution in [2.45, 2.75) is 32.1 Å². The van der Waals surface area contributed by atoms with Crippen LogP contribution in [0.15, 0.2) is 0 Å². The number of hydrogen-bond donors (Lipinski definition) is 3. The number of methoxy groups -OCH3 is 1. The highest BCUT2D eigenvalue weighted by atomic mass is 16.5. The molecule has 1 aliphatic rings. The quantitative estimate of drug-likeness (QED) is 0.541. The third-order valence-electron chi connectivity index (χ3n) is 3.77. The number of nitrogens with one attached hydrogen (secondary N) is 2. The van der Waals surface area contributed by atoms with E-state index in [0.29, 0.717) is 19.7 Å². The molecule has 0 aromatic carbocycles. The van der Waals surface area contributed by atoms with E-state index in [-0.39, 0.29) is 24.3 Å². The summed E-state index contributed by atoms with van der Waals surface area (Å²) in [6, 6.07) is 0. The summed E-state index contributed by atoms with van der Waals surface area (Å²) < 4.78 is 4.90. The minimum Gasteiger partial charge on any atom is -0.481 e. The first-order valence-electron chi connectivity index (χ1n) is 7.34. The Bertz CT molecular complexity index is 310. The summed E-state index contributed by atoms with van der Waals surface area (Å²) in [6.45, 7) is 2.09. The monoisotopic (exact) mass is 286 g/mol. The predicted molar refractivity (Wildman–Crippen MR) is 75.5 cm³/mol. The average molecular weight is 286 g/mol. The maximum atomic E-state index is 11.5. The standard InChI is InChI=1S/C14H26N2O4/c1-20-8-4-7-16-13(17)10-15-9-11-5-2-3-6-12(11)14(18)19/h11-12,15H,2-10H2,1H3,(H,16,17)(H,18,19). The summed E-state index contributed by atoms with van der Waals surface area (Å²) in [4.78, 5) is 22.7. The summed E-state index contributed by atoms with van der Waals surface area (Å²) in [5.74, 6) is -0.882. The third kappa shape index (κ3) is 6.34. The lowest BCUT2D eigenvalue weighted by Gasteiger charge is -2.28. The number of carboxylic acid groups (broad SMARTS) is 1. The zero-order valence-electron chi connectivity index (χ0n) is 12.2. The molecule has 116 valence electrons. The first kappa shape index (κ1) is 16.9. The average Bonchev–Trinajstić information content (AvgIpc) is 2.44. The number of hydrogen-bond acceptors (Lipinski definition) is 4. The van der Waals surface area contributed by atoms with Gasteiger partial charge in [0, 0.05) is 20.3 Å². The Morgan fingerprint density at radius 2 is 2.05 bits per heavy atom. The van der Waals surface area contributed by atoms with Gasteiger partial charge in [0.1, 0.15) is 0 Å². The normalized spacial score (nSPS) is 22.4. The molecule has 0 radical (unpaired) electrons. The zero-order valence-corrected chi connectivity index (χ0v) is 12.2. The second kappa shape index (κ2) is 9.72. The molecule has 0 spiro atoms. The minimum atomic E-state index is -0.708. The van der Waals surface area contributed by atoms with Crippen LogP contribution in [0.3, 0.4) is 0 Å². The SMILES string of the molecule is COCCCNC(=O)CNCC1CCCCC1C(=O)O. The number of ether oxygens (including phenoxy) is 1. The van der Waals surface area contributed by atoms with Gasteiger partial charge in [-0.1, -0.05) is 12.8 Å². The summed E-state index contributed by atoms with van der Waals surface area (Å²) in [6.07, 6.45) is 4.56. The van der Waals surface area contributed by atoms with Crippen LogP contribution in [-0.2, 0) is 14.3 Å². The largest absolute Gasteiger partial charge is 0.481 e. The second-order valence-corrected chi connectivity index (χ2v) is 5.32. The zero-order chi connectivity index (χ0) is 14.8. The molecule has 1 amide bonds. The molecule has 1 saturated carbocycles. The molecule has 0 aliphatic heterocycles. The van der Waals surface area contributed by atoms with E-state index >= 15 is 0 Å². The van der Waals surface area contributed by atoms with Crippen LogP contribution in [0.25, 0.3) is 0 Å². The van der Waals surface area contributed by atoms with Crippen LogP contribution in [0.1, 0.15) is 32.1 Å². The summed E-state index contributed by atoms with van der Waals surface area (Å²) in [5, 5.41) is 15.0. The molecule has 0 saturated heterocycles. The van der Waals surface area contributed by atoms with E-state index in [2.05, 4.69) is 10.6 Å². The van der Waals surface area contributed by atoms with E-state index in [1.807, 2.05) is 0 Å². The number of rotatable bonds is 9. The number of carbonyl (C=O) groups excluding carboxylic acids is 1. The Morgan fingerprint density at radius 1 is 1.30 bits per heavy atom. The van der Waals surface area contributed by atoms with E-state index in [1.54, 1.807) is 7.11 Å². The van der Waals surface area contributed by atoms with Crippen molar-refractivity contribution in [1.29, 1.82) is 0 Å². The van der Waals surface area contributed by atoms with Crippen LogP contribution in [0.5, 0.6) is 0 Å². The van der Waals surface area contributed by atoms with Crippen molar-refractivity contribution in [3.63, 3.8) is 0 Å². The molecule has 0 aromatic rings. The van der Waals surface area contributed by atoms with E-state index < -0.39 is 5.97 Å². The fourth-order valence-electron chi connectivity index (χ4n) is 2.66. The van der Waals surface area contributed by atoms with Crippen molar-refractivity contribution in [3.8, 4) is 0 Å². The molecule has 0 bridgehead atoms. The number of amides is 1. The van der Waals surface area contributed by atoms with Gasteiger partial charge < -0.3 is 20.5 Å². The van der Waals surface area contributed by atoms with Crippen LogP contribution in [0.4, 0.5) is 0 Å². The lowest BCUT2D eigenvalue weighted by atomic mass is 9.79. The van der Waals surface area contributed by atoms with Crippen LogP contribution in [0, 0.1) is 11.8 Å². The molecular formula is C14H26N2O4. The number of carboxylic acids is 1. The van der Waals surface area contributed by atoms with Crippen molar-refractivity contribution in [2.24, 2.45) is 11.8 Å². The second-order valence-electron chi connectivity index (χ2n) is 5.32. The Hall–Kier alpha value is -1.14. The van der Waals surface area contributed by atoms with Crippen molar-refractivity contribution >= 4 is 11.9 Å². The van der Waals surface area contributed by atoms with E-state index in [4.69, 9.17) is 9.84 Å². The van der Waals surface area contributed by atoms with Crippen molar-refractivity contribution in [3.05, 3.63) is 0 Å². The first-order valence-corrected chi connectivity index (χ1v) is 7.34. The lowest BCUT2D eigenvalue weighted by Crippen LogP contribution is -2.40. The maximum absolute atomic E-state index is 11.5. The van der Waals surface area contributed by atoms with Crippen molar-refractivity contribution in [1.82, 2.24) is 10.6 Å². The Balaban J connectivity index is 2.15. The van der Waals surface area contributed by atoms with Crippen LogP contribution in [0.2, 0.25) is 0 Å². The Labute approximate surface area is 120 Å². The highest BCUT2D eigenvalue weighted by Crippen LogP contribution is 2.29. The number of aliphatic carboxylic acids is 1. The summed E-state index contributed by atoms with van der Waals surface area (Å²) in [5.41, 5.74) is 0. The van der Waals surface area contributed by atoms with Crippen molar-refractivity contribution < 1.29 is 19.4 Å². The number of carbonyl (C=O) groups is 2. The van der Waals surface area contributed by atoms with Gasteiger partial charge in [0.05, 0.1) is 12.5 Å². The van der Waals surface area contributed by atoms with Gasteiger partial charge in [-0.3, -0.25) is 9.59 Å². The van der Waals surface area contributed by atoms with Crippen LogP contribution < -0.4 is 10.6 Å². The molecule has 6 nitrogen and oxygen atoms in total. The third-order valence-corrected chi connectivity index (χ3v) is 3.77. The van der Waals surface area contributed by atoms with Gasteiger partial charge in [-0.15, -0.1) is 0 Å². The molecule has 0 heterocycles. The molecule has 6 heteroatoms. The molecule has 1 fully saturated rings. The van der Waals surface area contributed by atoms with Gasteiger partial charge in [-0.25, -0.2) is 0 Å². The highest BCUT2D eigenvalue weighted by molar-refractivity contribution is 5.77. The molecule has 2 atom stereocenters. The van der Waals surface area contributed by atoms with E-state index in [1.165, 1.54) is 0 Å². The fraction of sp³-hybridized carbons (Fsp3) is 0.857. The molecule has 0 aromatic heterocycles. The van der Waals surface area contributed by atoms with Gasteiger partial charge in [-0.05, 0) is 31.7 Å². The lowest BCUT2D eigenvalue weighted by molar-refractivity contribution is -0.144. The summed E-state index contributed by atoms with van der Waals surface area (Å²) in [7, 11) is 1.63. The molecule has 1 aliphatic carbocycles. The van der Waals surface area contributed by atoms with E-state index in [0.717, 1.165) is 32.1 Å². The van der Waals surface area contributed by atoms with Gasteiger partial charge in [0.2, 0.25) is 5.91 Å². The molecule has 2 unspecified atom stereocenters. The fourth-order valence-corrected chi connectivity index (χ4v) is 2.66. The molecule has 3 N–H and O–H groups in total. The summed E-state index contributed by atoms with van der Waals surface area (Å²) >= 11 is 0. The Kier molecular flexibility index (Phi) is 8.22. The smallest absolute Gasteiger partial charge is 0.306 e. The highest BCUT2D eigenvalue weighted by Gasteiger charge is 2.30. The maximum Gasteiger partial charge on any atom is 0.306 e. The predicted octanol–water partition coefficient (Wildman–Crippen LogP) is 0.620. The molecular weight excluding hydrogens is 260 g/mol. The van der Waals surface area contributed by atoms with Gasteiger partial charge in [-0.2, -0.15) is 0 Å². The van der Waals surface area contributed by atoms with Crippen molar-refractivity contribution in [2.75, 3.05) is 33.4 Å². The minimum absolute atomic E-state index is 0.0520. The molecule has 20 heavy (non-hydrogen) atoms. The topological polar surface area (TPSA) is 87.7 Å². The van der Waals surface area contributed by atoms with Crippen LogP contribution >= 0.6 is 0 Å². The van der Waals surface area contributed by atoms with Gasteiger partial charge in [0.15, 0.2) is 0 Å². The van der Waals surface area contributed by atoms with Gasteiger partial charge in [0.25, 0.3) is 0 Å². The first-order chi connectivity index (χ1) is 9.65. The van der Waals surface area contributed by atoms with Gasteiger partial charge >= 0.3 is 5.97 Å². The Morgan fingerprint density at radius 3 is 2.75 bits per heavy atom. The molecule has 1 rings (SSSR count).